The van der Waals surface area contributed by atoms with E-state index in [1.54, 1.807) is 15.9 Å². The van der Waals surface area contributed by atoms with E-state index in [1.807, 2.05) is 0 Å². The Bertz CT molecular complexity index is 132. The van der Waals surface area contributed by atoms with E-state index in [2.05, 4.69) is 15.9 Å². The molecule has 0 aliphatic rings. The van der Waals surface area contributed by atoms with E-state index >= 15 is 0 Å². The van der Waals surface area contributed by atoms with Crippen LogP contribution >= 0.6 is 31.9 Å². The van der Waals surface area contributed by atoms with Gasteiger partial charge in [-0.3, -0.25) is 0 Å². The van der Waals surface area contributed by atoms with Gasteiger partial charge in [0.15, 0.2) is 0 Å². The van der Waals surface area contributed by atoms with E-state index < -0.39 is 17.2 Å². The van der Waals surface area contributed by atoms with Gasteiger partial charge in [-0.1, -0.05) is 15.9 Å². The summed E-state index contributed by atoms with van der Waals surface area (Å²) in [5.41, 5.74) is 0. The van der Waals surface area contributed by atoms with Crippen LogP contribution in [0.5, 0.6) is 0 Å². The molecule has 0 saturated heterocycles. The second-order valence-corrected chi connectivity index (χ2v) is 4.14. The summed E-state index contributed by atoms with van der Waals surface area (Å²) < 4.78 is 49.0. The standard InChI is InChI=1S/C6H8Br2F4/c7-4-2-1-3-5(9,10)6(8,11)12/h1-4H2. The molecular weight excluding hydrogens is 308 g/mol. The molecule has 0 rings (SSSR count). The fourth-order valence-electron chi connectivity index (χ4n) is 0.583. The summed E-state index contributed by atoms with van der Waals surface area (Å²) >= 11 is 4.68. The van der Waals surface area contributed by atoms with Crippen molar-refractivity contribution >= 4 is 31.9 Å². The summed E-state index contributed by atoms with van der Waals surface area (Å²) in [5, 5.41) is 0.553. The third-order valence-corrected chi connectivity index (χ3v) is 2.43. The lowest BCUT2D eigenvalue weighted by Gasteiger charge is -2.20. The van der Waals surface area contributed by atoms with Gasteiger partial charge in [0, 0.05) is 11.8 Å². The van der Waals surface area contributed by atoms with Gasteiger partial charge in [-0.25, -0.2) is 0 Å². The molecule has 6 heteroatoms. The van der Waals surface area contributed by atoms with Crippen molar-refractivity contribution < 1.29 is 17.6 Å². The summed E-state index contributed by atoms with van der Waals surface area (Å²) in [4.78, 5) is -4.09. The predicted octanol–water partition coefficient (Wildman–Crippen LogP) is 4.17. The van der Waals surface area contributed by atoms with Crippen molar-refractivity contribution in [1.82, 2.24) is 0 Å². The first-order chi connectivity index (χ1) is 5.31. The minimum atomic E-state index is -4.09. The van der Waals surface area contributed by atoms with Crippen LogP contribution in [0.1, 0.15) is 19.3 Å². The van der Waals surface area contributed by atoms with Gasteiger partial charge >= 0.3 is 10.8 Å². The quantitative estimate of drug-likeness (QED) is 0.406. The van der Waals surface area contributed by atoms with Crippen LogP contribution in [0.3, 0.4) is 0 Å². The van der Waals surface area contributed by atoms with Gasteiger partial charge in [-0.2, -0.15) is 17.6 Å². The summed E-state index contributed by atoms with van der Waals surface area (Å²) in [6.07, 6.45) is -0.241. The molecule has 0 unspecified atom stereocenters. The molecule has 0 aliphatic heterocycles. The highest BCUT2D eigenvalue weighted by Crippen LogP contribution is 2.42. The molecular formula is C6H8Br2F4. The average Bonchev–Trinajstić information content (AvgIpc) is 1.85. The van der Waals surface area contributed by atoms with Crippen LogP contribution in [-0.4, -0.2) is 16.1 Å². The molecule has 0 amide bonds. The van der Waals surface area contributed by atoms with Crippen molar-refractivity contribution in [3.8, 4) is 0 Å². The van der Waals surface area contributed by atoms with Crippen LogP contribution in [0.15, 0.2) is 0 Å². The zero-order valence-electron chi connectivity index (χ0n) is 6.10. The van der Waals surface area contributed by atoms with Gasteiger partial charge in [0.25, 0.3) is 0 Å². The van der Waals surface area contributed by atoms with E-state index in [0.29, 0.717) is 11.8 Å². The highest BCUT2D eigenvalue weighted by atomic mass is 79.9. The SMILES string of the molecule is FC(F)(Br)C(F)(F)CCCCBr. The Kier molecular flexibility index (Phi) is 5.06. The first-order valence-corrected chi connectivity index (χ1v) is 5.23. The Labute approximate surface area is 85.0 Å². The predicted molar refractivity (Wildman–Crippen MR) is 46.5 cm³/mol. The summed E-state index contributed by atoms with van der Waals surface area (Å²) in [5.74, 6) is -3.95. The molecule has 0 atom stereocenters. The normalized spacial score (nSPS) is 13.5. The molecule has 0 spiro atoms. The minimum absolute atomic E-state index is 0.0828. The van der Waals surface area contributed by atoms with Crippen LogP contribution < -0.4 is 0 Å². The summed E-state index contributed by atoms with van der Waals surface area (Å²) in [6, 6.07) is 0. The van der Waals surface area contributed by atoms with E-state index in [9.17, 15) is 17.6 Å². The molecule has 0 fully saturated rings. The molecule has 0 bridgehead atoms. The molecule has 74 valence electrons. The number of rotatable bonds is 5. The summed E-state index contributed by atoms with van der Waals surface area (Å²) in [6.45, 7) is 0. The lowest BCUT2D eigenvalue weighted by atomic mass is 10.1. The maximum Gasteiger partial charge on any atom is 0.363 e. The molecule has 0 aromatic heterocycles. The van der Waals surface area contributed by atoms with E-state index in [4.69, 9.17) is 0 Å². The molecule has 0 N–H and O–H groups in total. The number of unbranched alkanes of at least 4 members (excludes halogenated alkanes) is 1. The number of alkyl halides is 6. The van der Waals surface area contributed by atoms with Crippen molar-refractivity contribution in [3.63, 3.8) is 0 Å². The first kappa shape index (κ1) is 12.7. The highest BCUT2D eigenvalue weighted by Gasteiger charge is 2.53. The largest absolute Gasteiger partial charge is 0.363 e. The Morgan fingerprint density at radius 3 is 1.83 bits per heavy atom. The molecule has 0 radical (unpaired) electrons. The average molecular weight is 316 g/mol. The second-order valence-electron chi connectivity index (χ2n) is 2.35. The summed E-state index contributed by atoms with van der Waals surface area (Å²) in [7, 11) is 0. The van der Waals surface area contributed by atoms with Crippen LogP contribution in [0, 0.1) is 0 Å². The van der Waals surface area contributed by atoms with Crippen molar-refractivity contribution in [3.05, 3.63) is 0 Å². The van der Waals surface area contributed by atoms with Crippen molar-refractivity contribution in [2.24, 2.45) is 0 Å². The van der Waals surface area contributed by atoms with Crippen molar-refractivity contribution in [1.29, 1.82) is 0 Å². The monoisotopic (exact) mass is 314 g/mol. The minimum Gasteiger partial charge on any atom is -0.199 e. The smallest absolute Gasteiger partial charge is 0.199 e. The molecule has 0 aliphatic carbocycles. The number of halogens is 6. The van der Waals surface area contributed by atoms with Gasteiger partial charge in [0.05, 0.1) is 0 Å². The van der Waals surface area contributed by atoms with Crippen molar-refractivity contribution in [2.45, 2.75) is 30.0 Å². The molecule has 0 aromatic rings. The van der Waals surface area contributed by atoms with E-state index in [0.717, 1.165) is 0 Å². The van der Waals surface area contributed by atoms with Gasteiger partial charge in [-0.15, -0.1) is 0 Å². The molecule has 0 aromatic carbocycles. The van der Waals surface area contributed by atoms with Crippen LogP contribution in [0.25, 0.3) is 0 Å². The van der Waals surface area contributed by atoms with Crippen LogP contribution in [0.2, 0.25) is 0 Å². The highest BCUT2D eigenvalue weighted by molar-refractivity contribution is 9.10. The van der Waals surface area contributed by atoms with Gasteiger partial charge in [0.2, 0.25) is 0 Å². The maximum absolute atomic E-state index is 12.4. The topological polar surface area (TPSA) is 0 Å². The number of hydrogen-bond donors (Lipinski definition) is 0. The van der Waals surface area contributed by atoms with Gasteiger partial charge in [0.1, 0.15) is 0 Å². The number of hydrogen-bond acceptors (Lipinski definition) is 0. The lowest BCUT2D eigenvalue weighted by Crippen LogP contribution is -2.34. The lowest BCUT2D eigenvalue weighted by molar-refractivity contribution is -0.151. The second kappa shape index (κ2) is 4.79. The van der Waals surface area contributed by atoms with E-state index in [1.165, 1.54) is 0 Å². The molecule has 0 saturated carbocycles. The van der Waals surface area contributed by atoms with Crippen LogP contribution in [0.4, 0.5) is 17.6 Å². The molecule has 0 heterocycles. The zero-order valence-corrected chi connectivity index (χ0v) is 9.27. The maximum atomic E-state index is 12.4. The third kappa shape index (κ3) is 4.07. The van der Waals surface area contributed by atoms with Crippen molar-refractivity contribution in [2.75, 3.05) is 5.33 Å². The Balaban J connectivity index is 3.88. The Morgan fingerprint density at radius 2 is 1.50 bits per heavy atom. The van der Waals surface area contributed by atoms with Gasteiger partial charge in [-0.05, 0) is 28.8 Å². The third-order valence-electron chi connectivity index (χ3n) is 1.29. The first-order valence-electron chi connectivity index (χ1n) is 3.32. The van der Waals surface area contributed by atoms with E-state index in [-0.39, 0.29) is 6.42 Å². The fraction of sp³-hybridized carbons (Fsp3) is 1.00. The molecule has 0 nitrogen and oxygen atoms in total. The van der Waals surface area contributed by atoms with Gasteiger partial charge < -0.3 is 0 Å². The Hall–Kier alpha value is 0.680. The Morgan fingerprint density at radius 1 is 1.00 bits per heavy atom. The fourth-order valence-corrected chi connectivity index (χ4v) is 1.18. The zero-order chi connectivity index (χ0) is 9.83. The molecule has 12 heavy (non-hydrogen) atoms. The van der Waals surface area contributed by atoms with Crippen LogP contribution in [-0.2, 0) is 0 Å².